The van der Waals surface area contributed by atoms with Crippen molar-refractivity contribution < 1.29 is 4.79 Å². The molecule has 1 saturated carbocycles. The molecule has 0 heterocycles. The van der Waals surface area contributed by atoms with Crippen LogP contribution in [0.2, 0.25) is 0 Å². The molecule has 3 heteroatoms. The fourth-order valence-corrected chi connectivity index (χ4v) is 2.59. The van der Waals surface area contributed by atoms with Crippen molar-refractivity contribution in [2.75, 3.05) is 19.0 Å². The van der Waals surface area contributed by atoms with Crippen molar-refractivity contribution >= 4 is 11.8 Å². The summed E-state index contributed by atoms with van der Waals surface area (Å²) in [5.74, 6) is 0. The number of benzene rings is 1. The first-order chi connectivity index (χ1) is 8.18. The van der Waals surface area contributed by atoms with E-state index in [1.165, 1.54) is 0 Å². The smallest absolute Gasteiger partial charge is 0.235 e. The van der Waals surface area contributed by atoms with Gasteiger partial charge in [0.2, 0.25) is 6.08 Å². The number of anilines is 1. The minimum absolute atomic E-state index is 0.312. The van der Waals surface area contributed by atoms with Crippen molar-refractivity contribution in [2.45, 2.75) is 31.2 Å². The van der Waals surface area contributed by atoms with Gasteiger partial charge in [-0.3, -0.25) is 0 Å². The van der Waals surface area contributed by atoms with Gasteiger partial charge in [0.15, 0.2) is 0 Å². The van der Waals surface area contributed by atoms with Crippen LogP contribution in [0, 0.1) is 0 Å². The predicted octanol–water partition coefficient (Wildman–Crippen LogP) is 2.86. The summed E-state index contributed by atoms with van der Waals surface area (Å²) in [4.78, 5) is 16.8. The Balaban J connectivity index is 2.43. The van der Waals surface area contributed by atoms with E-state index in [0.717, 1.165) is 36.9 Å². The van der Waals surface area contributed by atoms with E-state index in [2.05, 4.69) is 28.1 Å². The summed E-state index contributed by atoms with van der Waals surface area (Å²) >= 11 is 0. The van der Waals surface area contributed by atoms with E-state index in [4.69, 9.17) is 0 Å². The Bertz CT molecular complexity index is 441. The first-order valence-electron chi connectivity index (χ1n) is 6.05. The summed E-state index contributed by atoms with van der Waals surface area (Å²) < 4.78 is 0. The zero-order chi connectivity index (χ0) is 12.3. The van der Waals surface area contributed by atoms with Crippen LogP contribution in [0.15, 0.2) is 29.3 Å². The highest BCUT2D eigenvalue weighted by atomic mass is 16.1. The Labute approximate surface area is 102 Å². The standard InChI is InChI=1S/C14H18N2O/c1-16(2)13-7-5-6-12(10-13)14(15-11-17)8-3-4-9-14/h5-7,10H,3-4,8-9H2,1-2H3. The fourth-order valence-electron chi connectivity index (χ4n) is 2.59. The molecule has 90 valence electrons. The second-order valence-corrected chi connectivity index (χ2v) is 4.89. The summed E-state index contributed by atoms with van der Waals surface area (Å²) in [6, 6.07) is 8.30. The maximum absolute atomic E-state index is 10.7. The third-order valence-electron chi connectivity index (χ3n) is 3.59. The molecule has 1 fully saturated rings. The molecule has 0 unspecified atom stereocenters. The van der Waals surface area contributed by atoms with Crippen LogP contribution >= 0.6 is 0 Å². The van der Waals surface area contributed by atoms with Gasteiger partial charge in [0.1, 0.15) is 0 Å². The van der Waals surface area contributed by atoms with Crippen LogP contribution in [0.1, 0.15) is 31.2 Å². The zero-order valence-corrected chi connectivity index (χ0v) is 10.4. The van der Waals surface area contributed by atoms with Gasteiger partial charge in [-0.2, -0.15) is 4.99 Å². The minimum atomic E-state index is -0.312. The molecule has 0 amide bonds. The van der Waals surface area contributed by atoms with E-state index < -0.39 is 0 Å². The van der Waals surface area contributed by atoms with E-state index in [-0.39, 0.29) is 5.54 Å². The fraction of sp³-hybridized carbons (Fsp3) is 0.500. The quantitative estimate of drug-likeness (QED) is 0.591. The van der Waals surface area contributed by atoms with Crippen LogP contribution in [0.4, 0.5) is 5.69 Å². The molecule has 0 radical (unpaired) electrons. The Kier molecular flexibility index (Phi) is 3.30. The molecular weight excluding hydrogens is 212 g/mol. The molecule has 17 heavy (non-hydrogen) atoms. The first-order valence-corrected chi connectivity index (χ1v) is 6.05. The Morgan fingerprint density at radius 2 is 2.00 bits per heavy atom. The lowest BCUT2D eigenvalue weighted by atomic mass is 9.88. The van der Waals surface area contributed by atoms with E-state index >= 15 is 0 Å². The van der Waals surface area contributed by atoms with E-state index in [0.29, 0.717) is 0 Å². The topological polar surface area (TPSA) is 32.7 Å². The Morgan fingerprint density at radius 1 is 1.29 bits per heavy atom. The van der Waals surface area contributed by atoms with Crippen LogP contribution in [0.3, 0.4) is 0 Å². The Morgan fingerprint density at radius 3 is 2.59 bits per heavy atom. The molecule has 0 aromatic heterocycles. The van der Waals surface area contributed by atoms with Crippen LogP contribution in [0.5, 0.6) is 0 Å². The lowest BCUT2D eigenvalue weighted by Crippen LogP contribution is -2.19. The normalized spacial score (nSPS) is 17.5. The summed E-state index contributed by atoms with van der Waals surface area (Å²) in [5, 5.41) is 0. The van der Waals surface area contributed by atoms with Crippen molar-refractivity contribution in [2.24, 2.45) is 4.99 Å². The molecule has 1 aliphatic carbocycles. The Hall–Kier alpha value is -1.60. The first kappa shape index (κ1) is 11.9. The maximum Gasteiger partial charge on any atom is 0.235 e. The highest BCUT2D eigenvalue weighted by Gasteiger charge is 2.35. The minimum Gasteiger partial charge on any atom is -0.378 e. The van der Waals surface area contributed by atoms with Gasteiger partial charge < -0.3 is 4.90 Å². The summed E-state index contributed by atoms with van der Waals surface area (Å²) in [6.07, 6.45) is 5.95. The predicted molar refractivity (Wildman–Crippen MR) is 69.0 cm³/mol. The SMILES string of the molecule is CN(C)c1cccc(C2(N=C=O)CCCC2)c1. The second-order valence-electron chi connectivity index (χ2n) is 4.89. The van der Waals surface area contributed by atoms with Crippen LogP contribution < -0.4 is 4.90 Å². The molecular formula is C14H18N2O. The van der Waals surface area contributed by atoms with Gasteiger partial charge in [-0.05, 0) is 30.5 Å². The molecule has 0 N–H and O–H groups in total. The molecule has 2 rings (SSSR count). The van der Waals surface area contributed by atoms with Gasteiger partial charge in [0.25, 0.3) is 0 Å². The molecule has 0 spiro atoms. The molecule has 1 aliphatic rings. The number of rotatable bonds is 3. The molecule has 0 saturated heterocycles. The number of isocyanates is 1. The van der Waals surface area contributed by atoms with Gasteiger partial charge in [-0.1, -0.05) is 25.0 Å². The number of nitrogens with zero attached hydrogens (tertiary/aromatic N) is 2. The van der Waals surface area contributed by atoms with E-state index in [1.54, 1.807) is 6.08 Å². The number of carbonyl (C=O) groups excluding carboxylic acids is 1. The highest BCUT2D eigenvalue weighted by Crippen LogP contribution is 2.42. The van der Waals surface area contributed by atoms with Crippen molar-refractivity contribution in [3.8, 4) is 0 Å². The highest BCUT2D eigenvalue weighted by molar-refractivity contribution is 5.50. The number of hydrogen-bond donors (Lipinski definition) is 0. The maximum atomic E-state index is 10.7. The summed E-state index contributed by atoms with van der Waals surface area (Å²) in [5.41, 5.74) is 1.98. The van der Waals surface area contributed by atoms with Gasteiger partial charge in [-0.15, -0.1) is 0 Å². The van der Waals surface area contributed by atoms with Crippen LogP contribution in [-0.2, 0) is 10.3 Å². The van der Waals surface area contributed by atoms with Gasteiger partial charge in [0.05, 0.1) is 5.54 Å². The zero-order valence-electron chi connectivity index (χ0n) is 10.4. The van der Waals surface area contributed by atoms with E-state index in [1.807, 2.05) is 20.2 Å². The van der Waals surface area contributed by atoms with Crippen LogP contribution in [0.25, 0.3) is 0 Å². The average Bonchev–Trinajstić information content (AvgIpc) is 2.80. The van der Waals surface area contributed by atoms with Gasteiger partial charge in [-0.25, -0.2) is 4.79 Å². The molecule has 1 aromatic carbocycles. The van der Waals surface area contributed by atoms with Crippen molar-refractivity contribution in [1.29, 1.82) is 0 Å². The third-order valence-corrected chi connectivity index (χ3v) is 3.59. The van der Waals surface area contributed by atoms with Gasteiger partial charge in [0, 0.05) is 19.8 Å². The van der Waals surface area contributed by atoms with Crippen molar-refractivity contribution in [3.63, 3.8) is 0 Å². The average molecular weight is 230 g/mol. The second kappa shape index (κ2) is 4.72. The molecule has 0 bridgehead atoms. The number of aliphatic imine (C=N–C) groups is 1. The van der Waals surface area contributed by atoms with Gasteiger partial charge >= 0.3 is 0 Å². The van der Waals surface area contributed by atoms with Crippen molar-refractivity contribution in [3.05, 3.63) is 29.8 Å². The van der Waals surface area contributed by atoms with E-state index in [9.17, 15) is 4.79 Å². The molecule has 0 aliphatic heterocycles. The summed E-state index contributed by atoms with van der Waals surface area (Å²) in [6.45, 7) is 0. The molecule has 1 aromatic rings. The molecule has 3 nitrogen and oxygen atoms in total. The van der Waals surface area contributed by atoms with Crippen LogP contribution in [-0.4, -0.2) is 20.2 Å². The lowest BCUT2D eigenvalue weighted by Gasteiger charge is -2.24. The third kappa shape index (κ3) is 2.25. The number of hydrogen-bond acceptors (Lipinski definition) is 3. The monoisotopic (exact) mass is 230 g/mol. The largest absolute Gasteiger partial charge is 0.378 e. The molecule has 0 atom stereocenters. The van der Waals surface area contributed by atoms with Crippen molar-refractivity contribution in [1.82, 2.24) is 0 Å². The lowest BCUT2D eigenvalue weighted by molar-refractivity contribution is 0.456. The summed E-state index contributed by atoms with van der Waals surface area (Å²) in [7, 11) is 4.03.